The van der Waals surface area contributed by atoms with Crippen LogP contribution in [0, 0.1) is 0 Å². The molecule has 1 aliphatic heterocycles. The monoisotopic (exact) mass is 227 g/mol. The van der Waals surface area contributed by atoms with Crippen LogP contribution < -0.4 is 10.9 Å². The fraction of sp³-hybridized carbons (Fsp3) is 0. The van der Waals surface area contributed by atoms with Crippen LogP contribution in [-0.2, 0) is 9.84 Å². The van der Waals surface area contributed by atoms with Crippen LogP contribution in [0.5, 0.6) is 0 Å². The van der Waals surface area contributed by atoms with Crippen molar-refractivity contribution in [1.82, 2.24) is 0 Å². The van der Waals surface area contributed by atoms with Gasteiger partial charge in [0, 0.05) is 0 Å². The van der Waals surface area contributed by atoms with Crippen molar-refractivity contribution < 1.29 is 8.42 Å². The lowest BCUT2D eigenvalue weighted by Crippen LogP contribution is -2.39. The summed E-state index contributed by atoms with van der Waals surface area (Å²) in [5.41, 5.74) is 1.53. The van der Waals surface area contributed by atoms with E-state index in [1.807, 2.05) is 31.5 Å². The van der Waals surface area contributed by atoms with Crippen molar-refractivity contribution in [3.05, 3.63) is 48.5 Å². The Labute approximate surface area is 95.1 Å². The average molecular weight is 227 g/mol. The molecule has 4 heteroatoms. The van der Waals surface area contributed by atoms with Crippen LogP contribution >= 0.6 is 0 Å². The van der Waals surface area contributed by atoms with E-state index in [1.165, 1.54) is 0 Å². The van der Waals surface area contributed by atoms with E-state index >= 15 is 0 Å². The van der Waals surface area contributed by atoms with Crippen LogP contribution in [0.4, 0.5) is 0 Å². The molecule has 2 nitrogen and oxygen atoms in total. The van der Waals surface area contributed by atoms with Crippen LogP contribution in [0.25, 0.3) is 0 Å². The summed E-state index contributed by atoms with van der Waals surface area (Å²) in [7, 11) is -1.42. The van der Waals surface area contributed by atoms with Crippen molar-refractivity contribution in [1.29, 1.82) is 0 Å². The molecule has 3 rings (SSSR count). The van der Waals surface area contributed by atoms with Crippen molar-refractivity contribution in [2.45, 2.75) is 9.79 Å². The Morgan fingerprint density at radius 1 is 0.750 bits per heavy atom. The van der Waals surface area contributed by atoms with Gasteiger partial charge in [0.2, 0.25) is 9.84 Å². The number of rotatable bonds is 0. The van der Waals surface area contributed by atoms with E-state index < -0.39 is 9.84 Å². The Kier molecular flexibility index (Phi) is 1.95. The summed E-state index contributed by atoms with van der Waals surface area (Å²) in [6.07, 6.45) is 0. The lowest BCUT2D eigenvalue weighted by Gasteiger charge is -2.18. The molecule has 0 saturated carbocycles. The minimum absolute atomic E-state index is 0.397. The molecule has 2 aromatic rings. The second-order valence-corrected chi connectivity index (χ2v) is 5.61. The molecule has 0 saturated heterocycles. The molecule has 1 heterocycles. The summed E-state index contributed by atoms with van der Waals surface area (Å²) in [5, 5.41) is 0. The Balaban J connectivity index is 2.37. The molecule has 0 fully saturated rings. The maximum atomic E-state index is 12.3. The zero-order chi connectivity index (χ0) is 11.2. The van der Waals surface area contributed by atoms with Gasteiger partial charge < -0.3 is 0 Å². The zero-order valence-corrected chi connectivity index (χ0v) is 9.24. The molecule has 0 unspecified atom stereocenters. The van der Waals surface area contributed by atoms with Crippen LogP contribution in [0.2, 0.25) is 0 Å². The summed E-state index contributed by atoms with van der Waals surface area (Å²) in [4.78, 5) is 0.794. The molecule has 16 heavy (non-hydrogen) atoms. The predicted octanol–water partition coefficient (Wildman–Crippen LogP) is 0.488. The number of benzene rings is 2. The Morgan fingerprint density at radius 3 is 1.69 bits per heavy atom. The van der Waals surface area contributed by atoms with Gasteiger partial charge in [0.05, 0.1) is 9.79 Å². The predicted molar refractivity (Wildman–Crippen MR) is 63.4 cm³/mol. The third kappa shape index (κ3) is 1.23. The summed E-state index contributed by atoms with van der Waals surface area (Å²) >= 11 is 0. The highest BCUT2D eigenvalue weighted by atomic mass is 32.2. The molecular weight excluding hydrogens is 219 g/mol. The molecule has 0 amide bonds. The summed E-state index contributed by atoms with van der Waals surface area (Å²) in [6, 6.07) is 14.1. The highest BCUT2D eigenvalue weighted by molar-refractivity contribution is 7.92. The molecule has 77 valence electrons. The van der Waals surface area contributed by atoms with E-state index in [4.69, 9.17) is 0 Å². The highest BCUT2D eigenvalue weighted by Gasteiger charge is 2.28. The van der Waals surface area contributed by atoms with Gasteiger partial charge in [0.25, 0.3) is 0 Å². The first-order valence-electron chi connectivity index (χ1n) is 4.97. The van der Waals surface area contributed by atoms with E-state index in [9.17, 15) is 8.42 Å². The quantitative estimate of drug-likeness (QED) is 0.524. The van der Waals surface area contributed by atoms with Gasteiger partial charge in [-0.15, -0.1) is 0 Å². The lowest BCUT2D eigenvalue weighted by molar-refractivity contribution is 0.597. The topological polar surface area (TPSA) is 34.1 Å². The van der Waals surface area contributed by atoms with Crippen LogP contribution in [0.1, 0.15) is 0 Å². The van der Waals surface area contributed by atoms with Gasteiger partial charge >= 0.3 is 0 Å². The van der Waals surface area contributed by atoms with Gasteiger partial charge in [0.1, 0.15) is 0 Å². The van der Waals surface area contributed by atoms with Gasteiger partial charge in [-0.2, -0.15) is 0 Å². The number of sulfone groups is 1. The lowest BCUT2D eigenvalue weighted by atomic mass is 9.64. The third-order valence-corrected chi connectivity index (χ3v) is 4.63. The molecule has 1 radical (unpaired) electrons. The maximum Gasteiger partial charge on any atom is 0.205 e. The van der Waals surface area contributed by atoms with Crippen LogP contribution in [-0.4, -0.2) is 15.7 Å². The van der Waals surface area contributed by atoms with Crippen molar-refractivity contribution in [2.75, 3.05) is 0 Å². The van der Waals surface area contributed by atoms with Crippen molar-refractivity contribution in [3.63, 3.8) is 0 Å². The van der Waals surface area contributed by atoms with Gasteiger partial charge in [-0.25, -0.2) is 8.42 Å². The standard InChI is InChI=1S/C12H8BO2S/c14-16(15)11-7-3-1-5-9(11)13-10-6-2-4-8-12(10)16/h1-8H. The number of hydrogen-bond donors (Lipinski definition) is 0. The molecule has 1 aliphatic rings. The number of hydrogen-bond acceptors (Lipinski definition) is 2. The fourth-order valence-corrected chi connectivity index (χ4v) is 3.60. The van der Waals surface area contributed by atoms with Crippen molar-refractivity contribution >= 4 is 28.0 Å². The maximum absolute atomic E-state index is 12.3. The minimum atomic E-state index is -3.33. The molecule has 0 atom stereocenters. The molecule has 0 N–H and O–H groups in total. The first-order chi connectivity index (χ1) is 7.69. The van der Waals surface area contributed by atoms with Gasteiger partial charge in [-0.05, 0) is 12.1 Å². The second-order valence-electron chi connectivity index (χ2n) is 3.72. The van der Waals surface area contributed by atoms with E-state index in [-0.39, 0.29) is 0 Å². The molecule has 0 aliphatic carbocycles. The van der Waals surface area contributed by atoms with E-state index in [1.54, 1.807) is 24.3 Å². The van der Waals surface area contributed by atoms with Gasteiger partial charge in [-0.3, -0.25) is 0 Å². The van der Waals surface area contributed by atoms with E-state index in [2.05, 4.69) is 0 Å². The SMILES string of the molecule is O=S1(=O)c2ccccc2[B]c2ccccc21. The first-order valence-corrected chi connectivity index (χ1v) is 6.46. The molecular formula is C12H8BO2S. The third-order valence-electron chi connectivity index (χ3n) is 2.73. The summed E-state index contributed by atoms with van der Waals surface area (Å²) in [6.45, 7) is 0. The second kappa shape index (κ2) is 3.22. The minimum Gasteiger partial charge on any atom is -0.219 e. The molecule has 0 bridgehead atoms. The van der Waals surface area contributed by atoms with Gasteiger partial charge in [-0.1, -0.05) is 47.3 Å². The Morgan fingerprint density at radius 2 is 1.19 bits per heavy atom. The van der Waals surface area contributed by atoms with Crippen LogP contribution in [0.15, 0.2) is 58.3 Å². The van der Waals surface area contributed by atoms with E-state index in [0.717, 1.165) is 10.9 Å². The highest BCUT2D eigenvalue weighted by Crippen LogP contribution is 2.20. The average Bonchev–Trinajstić information content (AvgIpc) is 2.29. The smallest absolute Gasteiger partial charge is 0.205 e. The molecule has 2 aromatic carbocycles. The molecule has 0 spiro atoms. The van der Waals surface area contributed by atoms with Crippen molar-refractivity contribution in [3.8, 4) is 0 Å². The summed E-state index contributed by atoms with van der Waals surface area (Å²) in [5.74, 6) is 0. The zero-order valence-electron chi connectivity index (χ0n) is 8.42. The Bertz CT molecular complexity index is 611. The van der Waals surface area contributed by atoms with Crippen LogP contribution in [0.3, 0.4) is 0 Å². The Hall–Kier alpha value is -1.55. The first kappa shape index (κ1) is 9.66. The fourth-order valence-electron chi connectivity index (χ4n) is 1.97. The number of fused-ring (bicyclic) bond motifs is 2. The molecule has 0 aromatic heterocycles. The van der Waals surface area contributed by atoms with Crippen molar-refractivity contribution in [2.24, 2.45) is 0 Å². The normalized spacial score (nSPS) is 15.8. The van der Waals surface area contributed by atoms with E-state index in [0.29, 0.717) is 9.79 Å². The summed E-state index contributed by atoms with van der Waals surface area (Å²) < 4.78 is 24.6. The largest absolute Gasteiger partial charge is 0.219 e. The van der Waals surface area contributed by atoms with Gasteiger partial charge in [0.15, 0.2) is 7.28 Å².